The molecule has 154 valence electrons. The maximum absolute atomic E-state index is 13.3. The van der Waals surface area contributed by atoms with E-state index in [1.54, 1.807) is 37.5 Å². The molecule has 1 aliphatic heterocycles. The van der Waals surface area contributed by atoms with Crippen LogP contribution in [0.1, 0.15) is 38.8 Å². The molecule has 0 fully saturated rings. The Morgan fingerprint density at radius 1 is 1.20 bits per heavy atom. The number of hydrogen-bond acceptors (Lipinski definition) is 7. The van der Waals surface area contributed by atoms with Crippen molar-refractivity contribution < 1.29 is 24.1 Å². The van der Waals surface area contributed by atoms with Gasteiger partial charge in [0, 0.05) is 23.7 Å². The number of fused-ring (bicyclic) bond motifs is 1. The third-order valence-electron chi connectivity index (χ3n) is 5.14. The largest absolute Gasteiger partial charge is 0.507 e. The quantitative estimate of drug-likeness (QED) is 0.648. The van der Waals surface area contributed by atoms with Crippen LogP contribution in [-0.2, 0) is 11.3 Å². The Bertz CT molecular complexity index is 1190. The van der Waals surface area contributed by atoms with E-state index in [-0.39, 0.29) is 29.2 Å². The number of cyclic esters (lactones) is 1. The van der Waals surface area contributed by atoms with Crippen molar-refractivity contribution in [2.24, 2.45) is 0 Å². The van der Waals surface area contributed by atoms with E-state index in [9.17, 15) is 14.7 Å². The molecule has 0 saturated carbocycles. The van der Waals surface area contributed by atoms with Gasteiger partial charge in [-0.1, -0.05) is 12.1 Å². The molecule has 2 aromatic heterocycles. The maximum Gasteiger partial charge on any atom is 0.343 e. The van der Waals surface area contributed by atoms with Gasteiger partial charge in [-0.05, 0) is 30.7 Å². The Morgan fingerprint density at radius 2 is 2.00 bits per heavy atom. The monoisotopic (exact) mass is 408 g/mol. The summed E-state index contributed by atoms with van der Waals surface area (Å²) in [6.07, 6.45) is 2.26. The molecule has 0 spiro atoms. The van der Waals surface area contributed by atoms with Crippen LogP contribution in [0.3, 0.4) is 0 Å². The van der Waals surface area contributed by atoms with Gasteiger partial charge < -0.3 is 23.9 Å². The average molecular weight is 408 g/mol. The zero-order chi connectivity index (χ0) is 21.4. The van der Waals surface area contributed by atoms with Gasteiger partial charge in [-0.25, -0.2) is 4.79 Å². The number of carbonyl (C=O) groups is 1. The number of ether oxygens (including phenoxy) is 3. The number of aryl methyl sites for hydroxylation is 1. The maximum atomic E-state index is 13.3. The molecule has 0 aliphatic carbocycles. The highest BCUT2D eigenvalue weighted by Crippen LogP contribution is 2.45. The number of aromatic nitrogens is 2. The SMILES string of the molecule is COc1ccc2c(c1OC)C(=O)OC2c1c(O)cc(C)n(Cc2cccnc2)c1=O. The fourth-order valence-corrected chi connectivity index (χ4v) is 3.70. The second-order valence-electron chi connectivity index (χ2n) is 6.89. The fourth-order valence-electron chi connectivity index (χ4n) is 3.70. The normalized spacial score (nSPS) is 14.9. The van der Waals surface area contributed by atoms with E-state index in [0.717, 1.165) is 5.56 Å². The van der Waals surface area contributed by atoms with Crippen LogP contribution >= 0.6 is 0 Å². The topological polar surface area (TPSA) is 99.9 Å². The number of esters is 1. The lowest BCUT2D eigenvalue weighted by molar-refractivity contribution is 0.0448. The predicted octanol–water partition coefficient (Wildman–Crippen LogP) is 2.58. The summed E-state index contributed by atoms with van der Waals surface area (Å²) >= 11 is 0. The van der Waals surface area contributed by atoms with Crippen molar-refractivity contribution in [2.45, 2.75) is 19.6 Å². The molecule has 0 radical (unpaired) electrons. The first-order valence-electron chi connectivity index (χ1n) is 9.24. The summed E-state index contributed by atoms with van der Waals surface area (Å²) in [7, 11) is 2.88. The summed E-state index contributed by atoms with van der Waals surface area (Å²) in [5.74, 6) is -0.287. The number of nitrogens with zero attached hydrogens (tertiary/aromatic N) is 2. The van der Waals surface area contributed by atoms with Crippen LogP contribution < -0.4 is 15.0 Å². The molecular weight excluding hydrogens is 388 g/mol. The van der Waals surface area contributed by atoms with Gasteiger partial charge in [0.25, 0.3) is 5.56 Å². The van der Waals surface area contributed by atoms with Crippen molar-refractivity contribution in [2.75, 3.05) is 14.2 Å². The zero-order valence-corrected chi connectivity index (χ0v) is 16.7. The van der Waals surface area contributed by atoms with Crippen molar-refractivity contribution in [3.05, 3.63) is 81.0 Å². The highest BCUT2D eigenvalue weighted by Gasteiger charge is 2.39. The number of aromatic hydroxyl groups is 1. The predicted molar refractivity (Wildman–Crippen MR) is 107 cm³/mol. The molecule has 8 nitrogen and oxygen atoms in total. The van der Waals surface area contributed by atoms with E-state index in [1.165, 1.54) is 24.9 Å². The van der Waals surface area contributed by atoms with Crippen LogP contribution in [0, 0.1) is 6.92 Å². The van der Waals surface area contributed by atoms with E-state index in [2.05, 4.69) is 4.98 Å². The lowest BCUT2D eigenvalue weighted by Gasteiger charge is -2.17. The van der Waals surface area contributed by atoms with Gasteiger partial charge in [0.05, 0.1) is 20.8 Å². The van der Waals surface area contributed by atoms with Crippen molar-refractivity contribution in [1.82, 2.24) is 9.55 Å². The van der Waals surface area contributed by atoms with Crippen LogP contribution in [-0.4, -0.2) is 34.8 Å². The van der Waals surface area contributed by atoms with Crippen molar-refractivity contribution in [3.8, 4) is 17.2 Å². The average Bonchev–Trinajstić information content (AvgIpc) is 3.07. The zero-order valence-electron chi connectivity index (χ0n) is 16.7. The molecule has 3 heterocycles. The molecule has 0 saturated heterocycles. The summed E-state index contributed by atoms with van der Waals surface area (Å²) in [6, 6.07) is 8.39. The Kier molecular flexibility index (Phi) is 4.91. The number of rotatable bonds is 5. The molecule has 1 aromatic carbocycles. The minimum atomic E-state index is -1.06. The lowest BCUT2D eigenvalue weighted by atomic mass is 9.98. The van der Waals surface area contributed by atoms with E-state index in [0.29, 0.717) is 17.0 Å². The summed E-state index contributed by atoms with van der Waals surface area (Å²) in [6.45, 7) is 2.00. The molecule has 4 rings (SSSR count). The van der Waals surface area contributed by atoms with Crippen LogP contribution in [0.4, 0.5) is 0 Å². The number of hydrogen-bond donors (Lipinski definition) is 1. The second-order valence-corrected chi connectivity index (χ2v) is 6.89. The Labute approximate surface area is 172 Å². The molecule has 1 atom stereocenters. The minimum Gasteiger partial charge on any atom is -0.507 e. The first-order valence-corrected chi connectivity index (χ1v) is 9.24. The Morgan fingerprint density at radius 3 is 2.67 bits per heavy atom. The standard InChI is InChI=1S/C22H20N2O6/c1-12-9-15(25)18(21(26)24(12)11-13-5-4-8-23-10-13)19-14-6-7-16(28-2)20(29-3)17(14)22(27)30-19/h4-10,19,25H,11H2,1-3H3. The van der Waals surface area contributed by atoms with Gasteiger partial charge in [0.2, 0.25) is 0 Å². The minimum absolute atomic E-state index is 0.0104. The third-order valence-corrected chi connectivity index (χ3v) is 5.14. The molecular formula is C22H20N2O6. The molecule has 8 heteroatoms. The molecule has 0 amide bonds. The van der Waals surface area contributed by atoms with Crippen molar-refractivity contribution in [3.63, 3.8) is 0 Å². The van der Waals surface area contributed by atoms with Gasteiger partial charge in [0.1, 0.15) is 16.9 Å². The second kappa shape index (κ2) is 7.55. The first-order chi connectivity index (χ1) is 14.5. The number of pyridine rings is 2. The summed E-state index contributed by atoms with van der Waals surface area (Å²) in [4.78, 5) is 30.0. The number of benzene rings is 1. The van der Waals surface area contributed by atoms with Gasteiger partial charge in [-0.2, -0.15) is 0 Å². The van der Waals surface area contributed by atoms with E-state index >= 15 is 0 Å². The van der Waals surface area contributed by atoms with Crippen LogP contribution in [0.15, 0.2) is 47.5 Å². The van der Waals surface area contributed by atoms with Gasteiger partial charge in [-0.15, -0.1) is 0 Å². The van der Waals surface area contributed by atoms with Crippen molar-refractivity contribution >= 4 is 5.97 Å². The molecule has 1 unspecified atom stereocenters. The third kappa shape index (κ3) is 3.06. The van der Waals surface area contributed by atoms with Crippen LogP contribution in [0.5, 0.6) is 17.2 Å². The van der Waals surface area contributed by atoms with Crippen LogP contribution in [0.25, 0.3) is 0 Å². The molecule has 1 aliphatic rings. The summed E-state index contributed by atoms with van der Waals surface area (Å²) < 4.78 is 17.6. The fraction of sp³-hybridized carbons (Fsp3) is 0.227. The summed E-state index contributed by atoms with van der Waals surface area (Å²) in [5.41, 5.74) is 1.55. The first kappa shape index (κ1) is 19.5. The lowest BCUT2D eigenvalue weighted by Crippen LogP contribution is -2.28. The smallest absolute Gasteiger partial charge is 0.343 e. The van der Waals surface area contributed by atoms with E-state index in [4.69, 9.17) is 14.2 Å². The van der Waals surface area contributed by atoms with Gasteiger partial charge in [0.15, 0.2) is 17.6 Å². The molecule has 1 N–H and O–H groups in total. The molecule has 3 aromatic rings. The van der Waals surface area contributed by atoms with Gasteiger partial charge in [-0.3, -0.25) is 9.78 Å². The number of methoxy groups -OCH3 is 2. The van der Waals surface area contributed by atoms with Crippen LogP contribution in [0.2, 0.25) is 0 Å². The Balaban J connectivity index is 1.86. The van der Waals surface area contributed by atoms with E-state index in [1.807, 2.05) is 6.07 Å². The number of carbonyl (C=O) groups excluding carboxylic acids is 1. The van der Waals surface area contributed by atoms with Crippen molar-refractivity contribution in [1.29, 1.82) is 0 Å². The van der Waals surface area contributed by atoms with Gasteiger partial charge >= 0.3 is 5.97 Å². The summed E-state index contributed by atoms with van der Waals surface area (Å²) in [5, 5.41) is 10.6. The molecule has 0 bridgehead atoms. The Hall–Kier alpha value is -3.81. The highest BCUT2D eigenvalue weighted by atomic mass is 16.6. The van der Waals surface area contributed by atoms with E-state index < -0.39 is 17.6 Å². The highest BCUT2D eigenvalue weighted by molar-refractivity contribution is 5.98. The molecule has 30 heavy (non-hydrogen) atoms.